The van der Waals surface area contributed by atoms with Gasteiger partial charge >= 0.3 is 18.1 Å². The number of carboxylic acid groups (broad SMARTS) is 1. The molecule has 0 bridgehead atoms. The smallest absolute Gasteiger partial charge is 0.416 e. The van der Waals surface area contributed by atoms with Gasteiger partial charge in [-0.3, -0.25) is 0 Å². The molecule has 100 valence electrons. The van der Waals surface area contributed by atoms with Gasteiger partial charge in [-0.2, -0.15) is 22.0 Å². The molecule has 0 amide bonds. The van der Waals surface area contributed by atoms with Crippen LogP contribution in [0.2, 0.25) is 0 Å². The third-order valence-electron chi connectivity index (χ3n) is 2.02. The molecule has 1 aromatic carbocycles. The lowest BCUT2D eigenvalue weighted by atomic mass is 10.0. The van der Waals surface area contributed by atoms with Crippen LogP contribution in [0.5, 0.6) is 0 Å². The predicted octanol–water partition coefficient (Wildman–Crippen LogP) is 3.73. The number of hydrogen-bond acceptors (Lipinski definition) is 1. The second-order valence-electron chi connectivity index (χ2n) is 3.53. The fourth-order valence-corrected chi connectivity index (χ4v) is 1.79. The molecule has 0 aliphatic carbocycles. The normalized spacial score (nSPS) is 12.6. The minimum atomic E-state index is -4.68. The molecule has 0 atom stereocenters. The Hall–Kier alpha value is -1.18. The number of hydrogen-bond donors (Lipinski definition) is 1. The Balaban J connectivity index is 3.12. The van der Waals surface area contributed by atoms with Gasteiger partial charge in [-0.25, -0.2) is 4.79 Å². The van der Waals surface area contributed by atoms with Crippen LogP contribution in [0, 0.1) is 0 Å². The molecule has 0 spiro atoms. The van der Waals surface area contributed by atoms with E-state index >= 15 is 0 Å². The van der Waals surface area contributed by atoms with Crippen LogP contribution in [0.4, 0.5) is 22.0 Å². The molecular formula is C10H6BrF5O2. The number of aliphatic carboxylic acids is 1. The van der Waals surface area contributed by atoms with Crippen LogP contribution in [-0.4, -0.2) is 17.0 Å². The molecule has 1 aromatic rings. The molecular weight excluding hydrogens is 327 g/mol. The summed E-state index contributed by atoms with van der Waals surface area (Å²) in [4.78, 5) is 10.2. The van der Waals surface area contributed by atoms with E-state index in [4.69, 9.17) is 5.11 Å². The third-order valence-corrected chi connectivity index (χ3v) is 2.48. The van der Waals surface area contributed by atoms with E-state index in [9.17, 15) is 26.7 Å². The zero-order valence-electron chi connectivity index (χ0n) is 8.56. The number of carbonyl (C=O) groups is 1. The maximum atomic E-state index is 12.9. The first-order valence-electron chi connectivity index (χ1n) is 4.50. The zero-order chi connectivity index (χ0) is 14.1. The minimum Gasteiger partial charge on any atom is -0.477 e. The van der Waals surface area contributed by atoms with Gasteiger partial charge < -0.3 is 5.11 Å². The number of rotatable bonds is 3. The number of alkyl halides is 5. The first-order valence-corrected chi connectivity index (χ1v) is 5.29. The summed E-state index contributed by atoms with van der Waals surface area (Å²) in [5.74, 6) is -6.49. The van der Waals surface area contributed by atoms with Crippen LogP contribution < -0.4 is 0 Å². The van der Waals surface area contributed by atoms with Crippen molar-refractivity contribution < 1.29 is 31.9 Å². The first kappa shape index (κ1) is 14.9. The summed E-state index contributed by atoms with van der Waals surface area (Å²) in [5, 5.41) is 8.22. The van der Waals surface area contributed by atoms with Gasteiger partial charge in [-0.15, -0.1) is 0 Å². The Labute approximate surface area is 107 Å². The molecule has 1 N–H and O–H groups in total. The van der Waals surface area contributed by atoms with Gasteiger partial charge in [0, 0.05) is 10.9 Å². The van der Waals surface area contributed by atoms with Crippen LogP contribution in [0.1, 0.15) is 11.1 Å². The van der Waals surface area contributed by atoms with Gasteiger partial charge in [0.05, 0.1) is 5.56 Å². The molecule has 0 aliphatic heterocycles. The first-order chi connectivity index (χ1) is 8.02. The monoisotopic (exact) mass is 332 g/mol. The van der Waals surface area contributed by atoms with Crippen molar-refractivity contribution >= 4 is 21.9 Å². The third kappa shape index (κ3) is 3.66. The standard InChI is InChI=1S/C10H6BrF5O2/c11-7-2-5(4-9(12,13)8(17)18)1-6(3-7)10(14,15)16/h1-3H,4H2,(H,17,18). The summed E-state index contributed by atoms with van der Waals surface area (Å²) in [5.41, 5.74) is -1.53. The van der Waals surface area contributed by atoms with Gasteiger partial charge in [0.1, 0.15) is 0 Å². The Morgan fingerprint density at radius 2 is 1.72 bits per heavy atom. The Kier molecular flexibility index (Phi) is 3.99. The zero-order valence-corrected chi connectivity index (χ0v) is 10.1. The molecule has 0 heterocycles. The fourth-order valence-electron chi connectivity index (χ4n) is 1.25. The van der Waals surface area contributed by atoms with Crippen molar-refractivity contribution in [3.05, 3.63) is 33.8 Å². The van der Waals surface area contributed by atoms with Gasteiger partial charge in [-0.1, -0.05) is 15.9 Å². The number of carboxylic acids is 1. The highest BCUT2D eigenvalue weighted by Crippen LogP contribution is 2.33. The van der Waals surface area contributed by atoms with Crippen molar-refractivity contribution in [2.24, 2.45) is 0 Å². The maximum Gasteiger partial charge on any atom is 0.416 e. The van der Waals surface area contributed by atoms with Crippen molar-refractivity contribution in [2.45, 2.75) is 18.5 Å². The summed E-state index contributed by atoms with van der Waals surface area (Å²) in [6.45, 7) is 0. The van der Waals surface area contributed by atoms with Gasteiger partial charge in [0.25, 0.3) is 0 Å². The average molecular weight is 333 g/mol. The van der Waals surface area contributed by atoms with Crippen LogP contribution in [0.25, 0.3) is 0 Å². The molecule has 18 heavy (non-hydrogen) atoms. The van der Waals surface area contributed by atoms with E-state index in [1.807, 2.05) is 0 Å². The minimum absolute atomic E-state index is 0.0477. The van der Waals surface area contributed by atoms with Crippen molar-refractivity contribution in [3.63, 3.8) is 0 Å². The van der Waals surface area contributed by atoms with Gasteiger partial charge in [0.2, 0.25) is 0 Å². The summed E-state index contributed by atoms with van der Waals surface area (Å²) in [6.07, 6.45) is -5.98. The SMILES string of the molecule is O=C(O)C(F)(F)Cc1cc(Br)cc(C(F)(F)F)c1. The Bertz CT molecular complexity index is 470. The second kappa shape index (κ2) is 4.83. The lowest BCUT2D eigenvalue weighted by molar-refractivity contribution is -0.164. The highest BCUT2D eigenvalue weighted by atomic mass is 79.9. The fraction of sp³-hybridized carbons (Fsp3) is 0.300. The molecule has 0 saturated carbocycles. The Morgan fingerprint density at radius 1 is 1.17 bits per heavy atom. The van der Waals surface area contributed by atoms with Gasteiger partial charge in [-0.05, 0) is 23.8 Å². The van der Waals surface area contributed by atoms with Crippen LogP contribution in [0.3, 0.4) is 0 Å². The van der Waals surface area contributed by atoms with Crippen LogP contribution in [-0.2, 0) is 17.4 Å². The average Bonchev–Trinajstić information content (AvgIpc) is 2.13. The van der Waals surface area contributed by atoms with E-state index in [2.05, 4.69) is 15.9 Å². The van der Waals surface area contributed by atoms with E-state index in [0.29, 0.717) is 6.07 Å². The van der Waals surface area contributed by atoms with Crippen LogP contribution in [0.15, 0.2) is 22.7 Å². The quantitative estimate of drug-likeness (QED) is 0.856. The summed E-state index contributed by atoms with van der Waals surface area (Å²) in [6, 6.07) is 2.25. The molecule has 0 fully saturated rings. The van der Waals surface area contributed by atoms with E-state index in [0.717, 1.165) is 12.1 Å². The molecule has 0 aliphatic rings. The van der Waals surface area contributed by atoms with E-state index in [-0.39, 0.29) is 4.47 Å². The summed E-state index contributed by atoms with van der Waals surface area (Å²) >= 11 is 2.76. The largest absolute Gasteiger partial charge is 0.477 e. The van der Waals surface area contributed by atoms with E-state index in [1.54, 1.807) is 0 Å². The highest BCUT2D eigenvalue weighted by molar-refractivity contribution is 9.10. The lowest BCUT2D eigenvalue weighted by Crippen LogP contribution is -2.30. The topological polar surface area (TPSA) is 37.3 Å². The molecule has 0 saturated heterocycles. The number of halogens is 6. The van der Waals surface area contributed by atoms with Crippen molar-refractivity contribution in [1.29, 1.82) is 0 Å². The van der Waals surface area contributed by atoms with Crippen molar-refractivity contribution in [2.75, 3.05) is 0 Å². The summed E-state index contributed by atoms with van der Waals surface area (Å²) in [7, 11) is 0. The number of benzene rings is 1. The molecule has 0 radical (unpaired) electrons. The van der Waals surface area contributed by atoms with E-state index in [1.165, 1.54) is 0 Å². The second-order valence-corrected chi connectivity index (χ2v) is 4.45. The van der Waals surface area contributed by atoms with Crippen molar-refractivity contribution in [3.8, 4) is 0 Å². The molecule has 0 aromatic heterocycles. The molecule has 0 unspecified atom stereocenters. The molecule has 2 nitrogen and oxygen atoms in total. The molecule has 8 heteroatoms. The Morgan fingerprint density at radius 3 is 2.17 bits per heavy atom. The highest BCUT2D eigenvalue weighted by Gasteiger charge is 2.39. The predicted molar refractivity (Wildman–Crippen MR) is 55.4 cm³/mol. The van der Waals surface area contributed by atoms with E-state index < -0.39 is 35.6 Å². The van der Waals surface area contributed by atoms with Crippen LogP contribution >= 0.6 is 15.9 Å². The maximum absolute atomic E-state index is 12.9. The molecule has 1 rings (SSSR count). The van der Waals surface area contributed by atoms with Gasteiger partial charge in [0.15, 0.2) is 0 Å². The van der Waals surface area contributed by atoms with Crippen molar-refractivity contribution in [1.82, 2.24) is 0 Å². The lowest BCUT2D eigenvalue weighted by Gasteiger charge is -2.13. The summed E-state index contributed by atoms with van der Waals surface area (Å²) < 4.78 is 63.0.